The molecule has 0 aliphatic carbocycles. The van der Waals surface area contributed by atoms with Gasteiger partial charge in [0.25, 0.3) is 0 Å². The van der Waals surface area contributed by atoms with E-state index in [1.807, 2.05) is 18.2 Å². The first kappa shape index (κ1) is 17.3. The molecule has 22 heavy (non-hydrogen) atoms. The van der Waals surface area contributed by atoms with Gasteiger partial charge in [0.15, 0.2) is 0 Å². The number of piperidine rings is 1. The Kier molecular flexibility index (Phi) is 6.26. The number of hydrogen-bond donors (Lipinski definition) is 0. The van der Waals surface area contributed by atoms with Gasteiger partial charge in [-0.25, -0.2) is 0 Å². The lowest BCUT2D eigenvalue weighted by Crippen LogP contribution is -2.44. The third-order valence-electron chi connectivity index (χ3n) is 5.02. The van der Waals surface area contributed by atoms with E-state index < -0.39 is 0 Å². The summed E-state index contributed by atoms with van der Waals surface area (Å²) in [7, 11) is 0. The van der Waals surface area contributed by atoms with Gasteiger partial charge in [-0.3, -0.25) is 0 Å². The molecule has 1 unspecified atom stereocenters. The smallest absolute Gasteiger partial charge is 0.0846 e. The van der Waals surface area contributed by atoms with E-state index in [9.17, 15) is 5.26 Å². The maximum absolute atomic E-state index is 9.71. The second-order valence-electron chi connectivity index (χ2n) is 6.44. The Morgan fingerprint density at radius 1 is 1.23 bits per heavy atom. The molecule has 0 N–H and O–H groups in total. The van der Waals surface area contributed by atoms with Crippen LogP contribution in [0.4, 0.5) is 0 Å². The summed E-state index contributed by atoms with van der Waals surface area (Å²) in [4.78, 5) is 2.53. The molecule has 1 aromatic carbocycles. The molecule has 2 aliphatic rings. The first-order valence-corrected chi connectivity index (χ1v) is 8.09. The number of nitrogens with zero attached hydrogens (tertiary/aromatic N) is 2. The molecule has 2 aliphatic heterocycles. The first-order chi connectivity index (χ1) is 10.3. The fourth-order valence-electron chi connectivity index (χ4n) is 3.66. The van der Waals surface area contributed by atoms with E-state index in [0.717, 1.165) is 45.7 Å². The highest BCUT2D eigenvalue weighted by atomic mass is 35.5. The monoisotopic (exact) mass is 320 g/mol. The molecule has 0 aromatic heterocycles. The summed E-state index contributed by atoms with van der Waals surface area (Å²) in [5.74, 6) is 0.685. The maximum atomic E-state index is 9.71. The summed E-state index contributed by atoms with van der Waals surface area (Å²) in [5, 5.41) is 9.71. The lowest BCUT2D eigenvalue weighted by molar-refractivity contribution is 0.0328. The van der Waals surface area contributed by atoms with Gasteiger partial charge in [-0.05, 0) is 50.3 Å². The van der Waals surface area contributed by atoms with Gasteiger partial charge in [0, 0.05) is 13.2 Å². The minimum Gasteiger partial charge on any atom is -0.381 e. The van der Waals surface area contributed by atoms with Crippen LogP contribution in [0.1, 0.15) is 31.2 Å². The molecule has 0 spiro atoms. The molecule has 1 atom stereocenters. The molecule has 0 saturated carbocycles. The van der Waals surface area contributed by atoms with Crippen LogP contribution in [0.15, 0.2) is 30.3 Å². The van der Waals surface area contributed by atoms with Crippen molar-refractivity contribution in [3.63, 3.8) is 0 Å². The number of likely N-dealkylation sites (tertiary alicyclic amines) is 1. The van der Waals surface area contributed by atoms with Crippen LogP contribution < -0.4 is 0 Å². The van der Waals surface area contributed by atoms with Gasteiger partial charge < -0.3 is 9.64 Å². The van der Waals surface area contributed by atoms with Crippen LogP contribution in [0.3, 0.4) is 0 Å². The van der Waals surface area contributed by atoms with Crippen LogP contribution in [0.2, 0.25) is 0 Å². The summed E-state index contributed by atoms with van der Waals surface area (Å²) in [6.45, 7) is 5.04. The van der Waals surface area contributed by atoms with E-state index in [1.54, 1.807) is 0 Å². The third-order valence-corrected chi connectivity index (χ3v) is 5.02. The number of nitriles is 1. The van der Waals surface area contributed by atoms with Crippen molar-refractivity contribution >= 4 is 12.4 Å². The first-order valence-electron chi connectivity index (χ1n) is 8.09. The molecule has 2 heterocycles. The molecule has 120 valence electrons. The number of ether oxygens (including phenoxy) is 1. The fourth-order valence-corrected chi connectivity index (χ4v) is 3.66. The average Bonchev–Trinajstić information content (AvgIpc) is 2.58. The van der Waals surface area contributed by atoms with Crippen molar-refractivity contribution in [3.05, 3.63) is 35.9 Å². The summed E-state index contributed by atoms with van der Waals surface area (Å²) >= 11 is 0. The second-order valence-corrected chi connectivity index (χ2v) is 6.44. The van der Waals surface area contributed by atoms with Crippen molar-refractivity contribution in [2.75, 3.05) is 32.8 Å². The highest BCUT2D eigenvalue weighted by molar-refractivity contribution is 5.85. The molecular weight excluding hydrogens is 296 g/mol. The lowest BCUT2D eigenvalue weighted by atomic mass is 9.74. The van der Waals surface area contributed by atoms with Crippen molar-refractivity contribution in [3.8, 4) is 6.07 Å². The van der Waals surface area contributed by atoms with Crippen LogP contribution >= 0.6 is 12.4 Å². The summed E-state index contributed by atoms with van der Waals surface area (Å²) in [6.07, 6.45) is 4.38. The van der Waals surface area contributed by atoms with Gasteiger partial charge in [-0.15, -0.1) is 12.4 Å². The number of hydrogen-bond acceptors (Lipinski definition) is 3. The molecule has 0 radical (unpaired) electrons. The molecular formula is C18H25ClN2O. The van der Waals surface area contributed by atoms with Gasteiger partial charge >= 0.3 is 0 Å². The van der Waals surface area contributed by atoms with Gasteiger partial charge in [0.05, 0.1) is 18.1 Å². The van der Waals surface area contributed by atoms with Crippen LogP contribution in [0, 0.1) is 17.2 Å². The van der Waals surface area contributed by atoms with Crippen molar-refractivity contribution in [1.82, 2.24) is 4.90 Å². The molecule has 4 heteroatoms. The third kappa shape index (κ3) is 3.81. The Hall–Kier alpha value is -1.08. The summed E-state index contributed by atoms with van der Waals surface area (Å²) in [5.41, 5.74) is 0.911. The van der Waals surface area contributed by atoms with E-state index in [-0.39, 0.29) is 17.8 Å². The van der Waals surface area contributed by atoms with Gasteiger partial charge in [-0.2, -0.15) is 5.26 Å². The zero-order valence-corrected chi connectivity index (χ0v) is 13.9. The molecule has 0 amide bonds. The Bertz CT molecular complexity index is 486. The molecule has 3 rings (SSSR count). The van der Waals surface area contributed by atoms with Crippen molar-refractivity contribution in [2.45, 2.75) is 31.1 Å². The highest BCUT2D eigenvalue weighted by Crippen LogP contribution is 2.35. The van der Waals surface area contributed by atoms with Crippen LogP contribution in [0.25, 0.3) is 0 Å². The zero-order chi connectivity index (χ0) is 14.5. The topological polar surface area (TPSA) is 36.3 Å². The number of benzene rings is 1. The molecule has 3 nitrogen and oxygen atoms in total. The van der Waals surface area contributed by atoms with E-state index in [0.29, 0.717) is 5.92 Å². The normalized spacial score (nSPS) is 25.0. The average molecular weight is 321 g/mol. The van der Waals surface area contributed by atoms with Crippen molar-refractivity contribution < 1.29 is 4.74 Å². The minimum atomic E-state index is -0.277. The molecule has 2 fully saturated rings. The zero-order valence-electron chi connectivity index (χ0n) is 13.0. The number of rotatable bonds is 3. The Morgan fingerprint density at radius 2 is 1.95 bits per heavy atom. The lowest BCUT2D eigenvalue weighted by Gasteiger charge is -2.39. The second kappa shape index (κ2) is 7.97. The number of halogens is 1. The molecule has 0 bridgehead atoms. The molecule has 2 saturated heterocycles. The SMILES string of the molecule is Cl.N#CC1(c2ccccc2)CCN(CC2CCCOC2)CC1. The highest BCUT2D eigenvalue weighted by Gasteiger charge is 2.36. The van der Waals surface area contributed by atoms with E-state index in [2.05, 4.69) is 23.1 Å². The van der Waals surface area contributed by atoms with Gasteiger partial charge in [0.1, 0.15) is 0 Å². The van der Waals surface area contributed by atoms with Crippen molar-refractivity contribution in [2.24, 2.45) is 5.92 Å². The summed E-state index contributed by atoms with van der Waals surface area (Å²) in [6, 6.07) is 12.9. The predicted molar refractivity (Wildman–Crippen MR) is 90.2 cm³/mol. The summed E-state index contributed by atoms with van der Waals surface area (Å²) < 4.78 is 5.58. The van der Waals surface area contributed by atoms with Crippen LogP contribution in [-0.4, -0.2) is 37.7 Å². The minimum absolute atomic E-state index is 0. The van der Waals surface area contributed by atoms with Crippen molar-refractivity contribution in [1.29, 1.82) is 5.26 Å². The Labute approximate surface area is 139 Å². The quantitative estimate of drug-likeness (QED) is 0.856. The van der Waals surface area contributed by atoms with E-state index in [1.165, 1.54) is 18.4 Å². The largest absolute Gasteiger partial charge is 0.381 e. The Balaban J connectivity index is 0.00000176. The van der Waals surface area contributed by atoms with Gasteiger partial charge in [-0.1, -0.05) is 30.3 Å². The Morgan fingerprint density at radius 3 is 2.55 bits per heavy atom. The predicted octanol–water partition coefficient (Wildman–Crippen LogP) is 3.39. The maximum Gasteiger partial charge on any atom is 0.0846 e. The van der Waals surface area contributed by atoms with Crippen LogP contribution in [0.5, 0.6) is 0 Å². The van der Waals surface area contributed by atoms with E-state index >= 15 is 0 Å². The fraction of sp³-hybridized carbons (Fsp3) is 0.611. The molecule has 1 aromatic rings. The van der Waals surface area contributed by atoms with Crippen LogP contribution in [-0.2, 0) is 10.2 Å². The van der Waals surface area contributed by atoms with E-state index in [4.69, 9.17) is 4.74 Å². The van der Waals surface area contributed by atoms with Gasteiger partial charge in [0.2, 0.25) is 0 Å². The standard InChI is InChI=1S/C18H24N2O.ClH/c19-15-18(17-6-2-1-3-7-17)8-10-20(11-9-18)13-16-5-4-12-21-14-16;/h1-3,6-7,16H,4-5,8-14H2;1H.